The number of carbonyl (C=O) groups is 1. The fourth-order valence-electron chi connectivity index (χ4n) is 1.07. The van der Waals surface area contributed by atoms with Gasteiger partial charge in [-0.1, -0.05) is 54.9 Å². The molecule has 0 N–H and O–H groups in total. The summed E-state index contributed by atoms with van der Waals surface area (Å²) >= 11 is 3.53. The maximum atomic E-state index is 8.00. The molecule has 13 heavy (non-hydrogen) atoms. The largest absolute Gasteiger partial charge is 0.307 e. The third kappa shape index (κ3) is 3.73. The van der Waals surface area contributed by atoms with Crippen molar-refractivity contribution in [3.63, 3.8) is 0 Å². The zero-order valence-corrected chi connectivity index (χ0v) is 9.89. The Hall–Kier alpha value is -0.630. The minimum atomic E-state index is 0.236. The van der Waals surface area contributed by atoms with Crippen LogP contribution in [0.1, 0.15) is 26.3 Å². The molecule has 1 rings (SSSR count). The topological polar surface area (TPSA) is 17.1 Å². The monoisotopic (exact) mass is 242 g/mol. The van der Waals surface area contributed by atoms with E-state index in [1.807, 2.05) is 12.9 Å². The van der Waals surface area contributed by atoms with Crippen LogP contribution in [-0.2, 0) is 10.2 Å². The van der Waals surface area contributed by atoms with E-state index in [9.17, 15) is 0 Å². The van der Waals surface area contributed by atoms with Gasteiger partial charge in [0.1, 0.15) is 6.79 Å². The quantitative estimate of drug-likeness (QED) is 0.680. The molecule has 0 aromatic heterocycles. The van der Waals surface area contributed by atoms with Crippen molar-refractivity contribution in [2.24, 2.45) is 0 Å². The predicted molar refractivity (Wildman–Crippen MR) is 60.0 cm³/mol. The van der Waals surface area contributed by atoms with E-state index in [1.54, 1.807) is 0 Å². The summed E-state index contributed by atoms with van der Waals surface area (Å²) < 4.78 is 1.20. The molecule has 0 unspecified atom stereocenters. The molecule has 0 amide bonds. The Morgan fingerprint density at radius 3 is 1.92 bits per heavy atom. The molecule has 0 atom stereocenters. The average Bonchev–Trinajstić information content (AvgIpc) is 2.07. The van der Waals surface area contributed by atoms with Crippen LogP contribution in [0.15, 0.2) is 28.7 Å². The van der Waals surface area contributed by atoms with Crippen LogP contribution in [0.25, 0.3) is 0 Å². The molecule has 0 spiro atoms. The van der Waals surface area contributed by atoms with Gasteiger partial charge in [0.2, 0.25) is 0 Å². The van der Waals surface area contributed by atoms with E-state index in [0.29, 0.717) is 0 Å². The van der Waals surface area contributed by atoms with Gasteiger partial charge in [0.25, 0.3) is 0 Å². The minimum Gasteiger partial charge on any atom is -0.307 e. The molecule has 0 bridgehead atoms. The molecule has 1 aromatic carbocycles. The summed E-state index contributed by atoms with van der Waals surface area (Å²) in [7, 11) is 0. The van der Waals surface area contributed by atoms with Gasteiger partial charge >= 0.3 is 0 Å². The molecule has 0 fully saturated rings. The van der Waals surface area contributed by atoms with Gasteiger partial charge in [-0.2, -0.15) is 0 Å². The Morgan fingerprint density at radius 1 is 1.15 bits per heavy atom. The van der Waals surface area contributed by atoms with Crippen molar-refractivity contribution in [3.05, 3.63) is 34.3 Å². The van der Waals surface area contributed by atoms with E-state index in [1.165, 1.54) is 10.0 Å². The number of carbonyl (C=O) groups excluding carboxylic acids is 1. The van der Waals surface area contributed by atoms with Crippen molar-refractivity contribution in [3.8, 4) is 0 Å². The van der Waals surface area contributed by atoms with Gasteiger partial charge in [0.05, 0.1) is 0 Å². The molecule has 0 aliphatic carbocycles. The van der Waals surface area contributed by atoms with Crippen LogP contribution in [0.4, 0.5) is 0 Å². The van der Waals surface area contributed by atoms with Crippen molar-refractivity contribution in [1.82, 2.24) is 0 Å². The molecule has 0 heterocycles. The number of halogens is 1. The van der Waals surface area contributed by atoms with Gasteiger partial charge in [0.15, 0.2) is 0 Å². The van der Waals surface area contributed by atoms with E-state index >= 15 is 0 Å². The Bertz CT molecular complexity index is 263. The molecule has 0 aliphatic heterocycles. The summed E-state index contributed by atoms with van der Waals surface area (Å²) in [6.07, 6.45) is 0. The van der Waals surface area contributed by atoms with Crippen molar-refractivity contribution in [1.29, 1.82) is 0 Å². The molecule has 1 aromatic rings. The van der Waals surface area contributed by atoms with Crippen molar-refractivity contribution < 1.29 is 4.79 Å². The zero-order valence-electron chi connectivity index (χ0n) is 8.30. The molecule has 0 aliphatic rings. The lowest BCUT2D eigenvalue weighted by molar-refractivity contribution is -0.0979. The molecule has 0 saturated carbocycles. The average molecular weight is 243 g/mol. The predicted octanol–water partition coefficient (Wildman–Crippen LogP) is 3.56. The van der Waals surface area contributed by atoms with Crippen molar-refractivity contribution >= 4 is 22.7 Å². The SMILES string of the molecule is C=O.CC(C)(C)c1ccccc1Br. The zero-order chi connectivity index (χ0) is 10.5. The van der Waals surface area contributed by atoms with E-state index in [0.717, 1.165) is 0 Å². The Morgan fingerprint density at radius 2 is 1.62 bits per heavy atom. The fraction of sp³-hybridized carbons (Fsp3) is 0.364. The third-order valence-electron chi connectivity index (χ3n) is 1.68. The Kier molecular flexibility index (Phi) is 4.92. The first-order chi connectivity index (χ1) is 6.02. The maximum Gasteiger partial charge on any atom is 0.106 e. The first-order valence-electron chi connectivity index (χ1n) is 4.06. The highest BCUT2D eigenvalue weighted by Gasteiger charge is 2.15. The molecule has 0 saturated heterocycles. The van der Waals surface area contributed by atoms with Gasteiger partial charge in [-0.3, -0.25) is 0 Å². The maximum absolute atomic E-state index is 8.00. The van der Waals surface area contributed by atoms with Crippen LogP contribution in [-0.4, -0.2) is 6.79 Å². The van der Waals surface area contributed by atoms with Crippen LogP contribution in [0, 0.1) is 0 Å². The molecule has 72 valence electrons. The second kappa shape index (κ2) is 5.18. The summed E-state index contributed by atoms with van der Waals surface area (Å²) in [5.41, 5.74) is 1.60. The minimum absolute atomic E-state index is 0.236. The first-order valence-corrected chi connectivity index (χ1v) is 4.85. The fourth-order valence-corrected chi connectivity index (χ4v) is 1.95. The van der Waals surface area contributed by atoms with Gasteiger partial charge in [-0.15, -0.1) is 0 Å². The highest BCUT2D eigenvalue weighted by Crippen LogP contribution is 2.28. The smallest absolute Gasteiger partial charge is 0.106 e. The Labute approximate surface area is 88.3 Å². The lowest BCUT2D eigenvalue weighted by Crippen LogP contribution is -2.11. The number of hydrogen-bond donors (Lipinski definition) is 0. The summed E-state index contributed by atoms with van der Waals surface area (Å²) in [4.78, 5) is 8.00. The van der Waals surface area contributed by atoms with E-state index in [-0.39, 0.29) is 5.41 Å². The van der Waals surface area contributed by atoms with Crippen LogP contribution < -0.4 is 0 Å². The highest BCUT2D eigenvalue weighted by atomic mass is 79.9. The van der Waals surface area contributed by atoms with Gasteiger partial charge in [0, 0.05) is 4.47 Å². The van der Waals surface area contributed by atoms with E-state index < -0.39 is 0 Å². The molecule has 0 radical (unpaired) electrons. The van der Waals surface area contributed by atoms with Crippen LogP contribution in [0.5, 0.6) is 0 Å². The normalized spacial score (nSPS) is 10.2. The summed E-state index contributed by atoms with van der Waals surface area (Å²) in [6, 6.07) is 8.36. The van der Waals surface area contributed by atoms with Gasteiger partial charge < -0.3 is 4.79 Å². The lowest BCUT2D eigenvalue weighted by Gasteiger charge is -2.20. The highest BCUT2D eigenvalue weighted by molar-refractivity contribution is 9.10. The molecular weight excluding hydrogens is 228 g/mol. The number of hydrogen-bond acceptors (Lipinski definition) is 1. The molecule has 2 heteroatoms. The summed E-state index contributed by atoms with van der Waals surface area (Å²) in [6.45, 7) is 8.65. The van der Waals surface area contributed by atoms with E-state index in [2.05, 4.69) is 54.9 Å². The number of benzene rings is 1. The van der Waals surface area contributed by atoms with Crippen molar-refractivity contribution in [2.75, 3.05) is 0 Å². The number of rotatable bonds is 0. The standard InChI is InChI=1S/C10H13Br.CH2O/c1-10(2,3)8-6-4-5-7-9(8)11;1-2/h4-7H,1-3H3;1H2. The van der Waals surface area contributed by atoms with Gasteiger partial charge in [-0.05, 0) is 17.0 Å². The van der Waals surface area contributed by atoms with Crippen LogP contribution in [0.3, 0.4) is 0 Å². The van der Waals surface area contributed by atoms with Crippen LogP contribution in [0.2, 0.25) is 0 Å². The second-order valence-electron chi connectivity index (χ2n) is 3.73. The molecular formula is C11H15BrO. The van der Waals surface area contributed by atoms with Gasteiger partial charge in [-0.25, -0.2) is 0 Å². The summed E-state index contributed by atoms with van der Waals surface area (Å²) in [5.74, 6) is 0. The van der Waals surface area contributed by atoms with Crippen LogP contribution >= 0.6 is 15.9 Å². The molecule has 1 nitrogen and oxygen atoms in total. The first kappa shape index (κ1) is 12.4. The third-order valence-corrected chi connectivity index (χ3v) is 2.37. The lowest BCUT2D eigenvalue weighted by atomic mass is 9.87. The Balaban J connectivity index is 0.000000671. The second-order valence-corrected chi connectivity index (χ2v) is 4.58. The summed E-state index contributed by atoms with van der Waals surface area (Å²) in [5, 5.41) is 0. The van der Waals surface area contributed by atoms with E-state index in [4.69, 9.17) is 4.79 Å². The van der Waals surface area contributed by atoms with Crippen molar-refractivity contribution in [2.45, 2.75) is 26.2 Å².